The average Bonchev–Trinajstić information content (AvgIpc) is 3.17. The molecular formula is C20H33IN4O. The van der Waals surface area contributed by atoms with Gasteiger partial charge in [-0.1, -0.05) is 19.1 Å². The van der Waals surface area contributed by atoms with E-state index in [0.29, 0.717) is 12.5 Å². The molecule has 1 aromatic carbocycles. The van der Waals surface area contributed by atoms with Gasteiger partial charge in [0.2, 0.25) is 0 Å². The van der Waals surface area contributed by atoms with Crippen LogP contribution in [0.5, 0.6) is 5.75 Å². The molecular weight excluding hydrogens is 439 g/mol. The maximum Gasteiger partial charge on any atom is 0.191 e. The monoisotopic (exact) mass is 472 g/mol. The van der Waals surface area contributed by atoms with Crippen LogP contribution in [0.25, 0.3) is 0 Å². The van der Waals surface area contributed by atoms with Gasteiger partial charge in [0.1, 0.15) is 5.75 Å². The molecule has 2 aliphatic heterocycles. The SMILES string of the molecule is COc1cccc(C(CN=C(N)N2CCC(C)CC2)N2CCCC2)c1.I. The van der Waals surface area contributed by atoms with Crippen molar-refractivity contribution in [2.45, 2.75) is 38.6 Å². The Kier molecular flexibility index (Phi) is 8.47. The van der Waals surface area contributed by atoms with Gasteiger partial charge in [0.05, 0.1) is 19.7 Å². The fraction of sp³-hybridized carbons (Fsp3) is 0.650. The van der Waals surface area contributed by atoms with Crippen LogP contribution in [0.3, 0.4) is 0 Å². The van der Waals surface area contributed by atoms with Gasteiger partial charge in [0, 0.05) is 13.1 Å². The van der Waals surface area contributed by atoms with Gasteiger partial charge in [-0.15, -0.1) is 24.0 Å². The van der Waals surface area contributed by atoms with E-state index in [0.717, 1.165) is 37.8 Å². The number of likely N-dealkylation sites (tertiary alicyclic amines) is 2. The number of methoxy groups -OCH3 is 1. The van der Waals surface area contributed by atoms with Gasteiger partial charge in [-0.3, -0.25) is 9.89 Å². The molecule has 0 radical (unpaired) electrons. The largest absolute Gasteiger partial charge is 0.497 e. The van der Waals surface area contributed by atoms with Crippen molar-refractivity contribution in [2.75, 3.05) is 39.8 Å². The van der Waals surface area contributed by atoms with Crippen molar-refractivity contribution in [1.29, 1.82) is 0 Å². The first-order chi connectivity index (χ1) is 12.2. The van der Waals surface area contributed by atoms with Crippen LogP contribution in [0.15, 0.2) is 29.3 Å². The van der Waals surface area contributed by atoms with E-state index < -0.39 is 0 Å². The minimum atomic E-state index is 0. The van der Waals surface area contributed by atoms with Gasteiger partial charge >= 0.3 is 0 Å². The first-order valence-corrected chi connectivity index (χ1v) is 9.60. The van der Waals surface area contributed by atoms with Gasteiger partial charge in [-0.05, 0) is 62.4 Å². The molecule has 0 aromatic heterocycles. The van der Waals surface area contributed by atoms with Crippen LogP contribution in [0.4, 0.5) is 0 Å². The normalized spacial score (nSPS) is 20.7. The van der Waals surface area contributed by atoms with Gasteiger partial charge in [-0.2, -0.15) is 0 Å². The molecule has 146 valence electrons. The molecule has 3 rings (SSSR count). The van der Waals surface area contributed by atoms with Crippen molar-refractivity contribution < 1.29 is 4.74 Å². The number of ether oxygens (including phenoxy) is 1. The van der Waals surface area contributed by atoms with Crippen LogP contribution in [0.1, 0.15) is 44.2 Å². The lowest BCUT2D eigenvalue weighted by Gasteiger charge is -2.32. The van der Waals surface area contributed by atoms with Crippen LogP contribution >= 0.6 is 24.0 Å². The Bertz CT molecular complexity index is 581. The molecule has 1 aromatic rings. The lowest BCUT2D eigenvalue weighted by atomic mass is 10.00. The summed E-state index contributed by atoms with van der Waals surface area (Å²) in [6.07, 6.45) is 4.96. The highest BCUT2D eigenvalue weighted by Gasteiger charge is 2.24. The molecule has 0 bridgehead atoms. The van der Waals surface area contributed by atoms with Crippen LogP contribution < -0.4 is 10.5 Å². The molecule has 6 heteroatoms. The zero-order chi connectivity index (χ0) is 17.6. The predicted octanol–water partition coefficient (Wildman–Crippen LogP) is 3.50. The van der Waals surface area contributed by atoms with Gasteiger partial charge in [-0.25, -0.2) is 0 Å². The molecule has 0 saturated carbocycles. The summed E-state index contributed by atoms with van der Waals surface area (Å²) in [6, 6.07) is 8.66. The molecule has 0 spiro atoms. The quantitative estimate of drug-likeness (QED) is 0.405. The lowest BCUT2D eigenvalue weighted by molar-refractivity contribution is 0.248. The van der Waals surface area contributed by atoms with Crippen molar-refractivity contribution in [3.8, 4) is 5.75 Å². The van der Waals surface area contributed by atoms with E-state index in [1.165, 1.54) is 31.2 Å². The average molecular weight is 472 g/mol. The highest BCUT2D eigenvalue weighted by molar-refractivity contribution is 14.0. The second-order valence-electron chi connectivity index (χ2n) is 7.40. The number of hydrogen-bond donors (Lipinski definition) is 1. The fourth-order valence-corrected chi connectivity index (χ4v) is 3.85. The summed E-state index contributed by atoms with van der Waals surface area (Å²) in [7, 11) is 1.72. The summed E-state index contributed by atoms with van der Waals surface area (Å²) in [4.78, 5) is 9.56. The van der Waals surface area contributed by atoms with E-state index in [1.54, 1.807) is 7.11 Å². The summed E-state index contributed by atoms with van der Waals surface area (Å²) in [5.74, 6) is 2.42. The number of rotatable bonds is 5. The molecule has 5 nitrogen and oxygen atoms in total. The summed E-state index contributed by atoms with van der Waals surface area (Å²) >= 11 is 0. The van der Waals surface area contributed by atoms with Crippen LogP contribution in [0.2, 0.25) is 0 Å². The second kappa shape index (κ2) is 10.3. The molecule has 2 fully saturated rings. The summed E-state index contributed by atoms with van der Waals surface area (Å²) in [5.41, 5.74) is 7.58. The Morgan fingerprint density at radius 3 is 2.58 bits per heavy atom. The first-order valence-electron chi connectivity index (χ1n) is 9.60. The Hall–Kier alpha value is -1.02. The summed E-state index contributed by atoms with van der Waals surface area (Å²) < 4.78 is 5.41. The molecule has 1 unspecified atom stereocenters. The van der Waals surface area contributed by atoms with Crippen molar-refractivity contribution in [3.05, 3.63) is 29.8 Å². The predicted molar refractivity (Wildman–Crippen MR) is 118 cm³/mol. The van der Waals surface area contributed by atoms with Gasteiger partial charge in [0.25, 0.3) is 0 Å². The van der Waals surface area contributed by atoms with E-state index in [1.807, 2.05) is 6.07 Å². The molecule has 0 amide bonds. The molecule has 0 aliphatic carbocycles. The Balaban J connectivity index is 0.00000243. The second-order valence-corrected chi connectivity index (χ2v) is 7.40. The maximum atomic E-state index is 6.31. The van der Waals surface area contributed by atoms with E-state index in [2.05, 4.69) is 34.9 Å². The van der Waals surface area contributed by atoms with E-state index in [9.17, 15) is 0 Å². The third-order valence-electron chi connectivity index (χ3n) is 5.59. The Labute approximate surface area is 175 Å². The lowest BCUT2D eigenvalue weighted by Crippen LogP contribution is -2.43. The number of nitrogens with zero attached hydrogens (tertiary/aromatic N) is 3. The first kappa shape index (κ1) is 21.3. The number of halogens is 1. The van der Waals surface area contributed by atoms with E-state index in [-0.39, 0.29) is 30.0 Å². The standard InChI is InChI=1S/C20H32N4O.HI/c1-16-8-12-24(13-9-16)20(21)22-15-19(23-10-3-4-11-23)17-6-5-7-18(14-17)25-2;/h5-7,14,16,19H,3-4,8-13,15H2,1-2H3,(H2,21,22);1H. The highest BCUT2D eigenvalue weighted by atomic mass is 127. The minimum absolute atomic E-state index is 0. The molecule has 2 aliphatic rings. The minimum Gasteiger partial charge on any atom is -0.497 e. The molecule has 2 N–H and O–H groups in total. The number of guanidine groups is 1. The van der Waals surface area contributed by atoms with Crippen LogP contribution in [-0.4, -0.2) is 55.6 Å². The molecule has 1 atom stereocenters. The Morgan fingerprint density at radius 1 is 1.23 bits per heavy atom. The third kappa shape index (κ3) is 5.49. The smallest absolute Gasteiger partial charge is 0.191 e. The zero-order valence-corrected chi connectivity index (χ0v) is 18.4. The van der Waals surface area contributed by atoms with Crippen molar-refractivity contribution >= 4 is 29.9 Å². The van der Waals surface area contributed by atoms with E-state index in [4.69, 9.17) is 15.5 Å². The van der Waals surface area contributed by atoms with Crippen molar-refractivity contribution in [3.63, 3.8) is 0 Å². The number of hydrogen-bond acceptors (Lipinski definition) is 3. The number of aliphatic imine (C=N–C) groups is 1. The molecule has 2 saturated heterocycles. The summed E-state index contributed by atoms with van der Waals surface area (Å²) in [5, 5.41) is 0. The Morgan fingerprint density at radius 2 is 1.92 bits per heavy atom. The molecule has 2 heterocycles. The van der Waals surface area contributed by atoms with Gasteiger partial charge in [0.15, 0.2) is 5.96 Å². The highest BCUT2D eigenvalue weighted by Crippen LogP contribution is 2.28. The van der Waals surface area contributed by atoms with Gasteiger partial charge < -0.3 is 15.4 Å². The van der Waals surface area contributed by atoms with Crippen LogP contribution in [0, 0.1) is 5.92 Å². The van der Waals surface area contributed by atoms with Crippen molar-refractivity contribution in [1.82, 2.24) is 9.80 Å². The number of piperidine rings is 1. The van der Waals surface area contributed by atoms with E-state index >= 15 is 0 Å². The molecule has 26 heavy (non-hydrogen) atoms. The zero-order valence-electron chi connectivity index (χ0n) is 16.1. The fourth-order valence-electron chi connectivity index (χ4n) is 3.85. The topological polar surface area (TPSA) is 54.1 Å². The number of benzene rings is 1. The summed E-state index contributed by atoms with van der Waals surface area (Å²) in [6.45, 7) is 7.37. The maximum absolute atomic E-state index is 6.31. The van der Waals surface area contributed by atoms with Crippen LogP contribution in [-0.2, 0) is 0 Å². The third-order valence-corrected chi connectivity index (χ3v) is 5.59. The van der Waals surface area contributed by atoms with Crippen molar-refractivity contribution in [2.24, 2.45) is 16.6 Å². The number of nitrogens with two attached hydrogens (primary N) is 1.